The number of benzene rings is 2. The summed E-state index contributed by atoms with van der Waals surface area (Å²) in [5.41, 5.74) is 0.456. The number of halogens is 4. The summed E-state index contributed by atoms with van der Waals surface area (Å²) in [6, 6.07) is 9.18. The molecule has 1 unspecified atom stereocenters. The van der Waals surface area contributed by atoms with Crippen molar-refractivity contribution in [2.75, 3.05) is 24.2 Å². The molecule has 0 N–H and O–H groups in total. The monoisotopic (exact) mass is 482 g/mol. The van der Waals surface area contributed by atoms with Crippen LogP contribution in [0.2, 0.25) is 0 Å². The largest absolute Gasteiger partial charge is 0.415 e. The fraction of sp³-hybridized carbons (Fsp3) is 0.286. The standard InChI is InChI=1S/C21H18F4N4O3S/c1-33(31)28-9-14(10-28)21(30)29(16-4-2-3-15(22)8-16)11-13-6-5-12(7-17(13)23)19-26-27-20(32-19)18(24)25/h2-8,14,18H,9-11H2,1H3. The van der Waals surface area contributed by atoms with Gasteiger partial charge in [0.15, 0.2) is 0 Å². The van der Waals surface area contributed by atoms with Gasteiger partial charge < -0.3 is 9.32 Å². The maximum absolute atomic E-state index is 14.9. The highest BCUT2D eigenvalue weighted by molar-refractivity contribution is 7.81. The first-order valence-electron chi connectivity index (χ1n) is 9.78. The van der Waals surface area contributed by atoms with Crippen molar-refractivity contribution in [1.29, 1.82) is 0 Å². The van der Waals surface area contributed by atoms with Crippen molar-refractivity contribution in [3.05, 3.63) is 65.6 Å². The number of rotatable bonds is 7. The first-order valence-corrected chi connectivity index (χ1v) is 11.3. The molecular formula is C21H18F4N4O3S. The van der Waals surface area contributed by atoms with Gasteiger partial charge in [-0.15, -0.1) is 10.2 Å². The first kappa shape index (κ1) is 23.1. The maximum Gasteiger partial charge on any atom is 0.314 e. The van der Waals surface area contributed by atoms with Gasteiger partial charge in [0.05, 0.1) is 23.4 Å². The van der Waals surface area contributed by atoms with Crippen LogP contribution in [0.1, 0.15) is 17.9 Å². The summed E-state index contributed by atoms with van der Waals surface area (Å²) in [5.74, 6) is -3.26. The van der Waals surface area contributed by atoms with Gasteiger partial charge in [0.25, 0.3) is 5.89 Å². The molecule has 2 heterocycles. The Balaban J connectivity index is 1.59. The molecule has 0 saturated carbocycles. The number of hydrogen-bond acceptors (Lipinski definition) is 5. The molecule has 2 aromatic carbocycles. The van der Waals surface area contributed by atoms with Crippen LogP contribution in [0.15, 0.2) is 46.9 Å². The fourth-order valence-corrected chi connectivity index (χ4v) is 4.16. The lowest BCUT2D eigenvalue weighted by atomic mass is 10.0. The van der Waals surface area contributed by atoms with Crippen molar-refractivity contribution in [1.82, 2.24) is 14.5 Å². The molecule has 1 aliphatic heterocycles. The van der Waals surface area contributed by atoms with Gasteiger partial charge in [-0.2, -0.15) is 8.78 Å². The molecule has 1 atom stereocenters. The summed E-state index contributed by atoms with van der Waals surface area (Å²) in [7, 11) is -1.21. The summed E-state index contributed by atoms with van der Waals surface area (Å²) < 4.78 is 72.0. The van der Waals surface area contributed by atoms with E-state index in [9.17, 15) is 26.6 Å². The lowest BCUT2D eigenvalue weighted by molar-refractivity contribution is -0.125. The van der Waals surface area contributed by atoms with Crippen LogP contribution in [0.25, 0.3) is 11.5 Å². The lowest BCUT2D eigenvalue weighted by Gasteiger charge is -2.38. The molecule has 7 nitrogen and oxygen atoms in total. The minimum absolute atomic E-state index is 0.0966. The summed E-state index contributed by atoms with van der Waals surface area (Å²) in [6.07, 6.45) is -1.44. The molecule has 0 spiro atoms. The van der Waals surface area contributed by atoms with E-state index >= 15 is 0 Å². The highest BCUT2D eigenvalue weighted by atomic mass is 32.2. The molecule has 12 heteroatoms. The molecule has 1 fully saturated rings. The highest BCUT2D eigenvalue weighted by Crippen LogP contribution is 2.28. The van der Waals surface area contributed by atoms with Gasteiger partial charge >= 0.3 is 6.43 Å². The van der Waals surface area contributed by atoms with Crippen molar-refractivity contribution in [3.63, 3.8) is 0 Å². The molecule has 0 bridgehead atoms. The molecule has 1 amide bonds. The van der Waals surface area contributed by atoms with Crippen LogP contribution < -0.4 is 4.90 Å². The molecule has 33 heavy (non-hydrogen) atoms. The second-order valence-electron chi connectivity index (χ2n) is 7.42. The van der Waals surface area contributed by atoms with Gasteiger partial charge in [-0.05, 0) is 30.3 Å². The number of alkyl halides is 2. The molecule has 4 rings (SSSR count). The fourth-order valence-electron chi connectivity index (χ4n) is 3.38. The SMILES string of the molecule is CS(=O)N1CC(C(=O)N(Cc2ccc(-c3nnc(C(F)F)o3)cc2F)c2cccc(F)c2)C1. The average Bonchev–Trinajstić information content (AvgIpc) is 3.22. The zero-order valence-corrected chi connectivity index (χ0v) is 18.1. The quantitative estimate of drug-likeness (QED) is 0.480. The minimum Gasteiger partial charge on any atom is -0.415 e. The van der Waals surface area contributed by atoms with Gasteiger partial charge in [0, 0.05) is 36.2 Å². The topological polar surface area (TPSA) is 79.5 Å². The summed E-state index contributed by atoms with van der Waals surface area (Å²) >= 11 is 0. The van der Waals surface area contributed by atoms with Gasteiger partial charge in [-0.25, -0.2) is 17.3 Å². The Hall–Kier alpha value is -3.12. The summed E-state index contributed by atoms with van der Waals surface area (Å²) in [5, 5.41) is 6.70. The zero-order valence-electron chi connectivity index (χ0n) is 17.3. The average molecular weight is 482 g/mol. The number of amides is 1. The second kappa shape index (κ2) is 9.40. The van der Waals surface area contributed by atoms with Crippen molar-refractivity contribution in [3.8, 4) is 11.5 Å². The highest BCUT2D eigenvalue weighted by Gasteiger charge is 2.37. The molecule has 1 aromatic heterocycles. The van der Waals surface area contributed by atoms with Crippen LogP contribution in [0.5, 0.6) is 0 Å². The predicted molar refractivity (Wildman–Crippen MR) is 111 cm³/mol. The van der Waals surface area contributed by atoms with Crippen LogP contribution in [0.4, 0.5) is 23.2 Å². The molecule has 1 saturated heterocycles. The summed E-state index contributed by atoms with van der Waals surface area (Å²) in [6.45, 7) is 0.351. The number of carbonyl (C=O) groups is 1. The Labute approximate surface area is 188 Å². The molecule has 3 aromatic rings. The van der Waals surface area contributed by atoms with Crippen molar-refractivity contribution >= 4 is 22.6 Å². The van der Waals surface area contributed by atoms with Crippen molar-refractivity contribution in [2.45, 2.75) is 13.0 Å². The van der Waals surface area contributed by atoms with E-state index in [0.29, 0.717) is 0 Å². The molecule has 1 aliphatic rings. The van der Waals surface area contributed by atoms with Gasteiger partial charge in [-0.1, -0.05) is 12.1 Å². The van der Waals surface area contributed by atoms with Crippen LogP contribution in [-0.4, -0.2) is 44.0 Å². The Morgan fingerprint density at radius 1 is 1.21 bits per heavy atom. The molecular weight excluding hydrogens is 464 g/mol. The predicted octanol–water partition coefficient (Wildman–Crippen LogP) is 3.71. The minimum atomic E-state index is -2.95. The van der Waals surface area contributed by atoms with Gasteiger partial charge in [0.1, 0.15) is 11.6 Å². The number of nitrogens with zero attached hydrogens (tertiary/aromatic N) is 4. The second-order valence-corrected chi connectivity index (χ2v) is 8.79. The van der Waals surface area contributed by atoms with E-state index in [1.165, 1.54) is 47.6 Å². The molecule has 174 valence electrons. The summed E-state index contributed by atoms with van der Waals surface area (Å²) in [4.78, 5) is 14.4. The number of carbonyl (C=O) groups excluding carboxylic acids is 1. The van der Waals surface area contributed by atoms with Crippen LogP contribution in [-0.2, 0) is 22.3 Å². The van der Waals surface area contributed by atoms with E-state index in [1.807, 2.05) is 0 Å². The van der Waals surface area contributed by atoms with Crippen LogP contribution in [0, 0.1) is 17.6 Å². The molecule has 0 radical (unpaired) electrons. The Kier molecular flexibility index (Phi) is 6.56. The van der Waals surface area contributed by atoms with E-state index in [1.54, 1.807) is 4.31 Å². The lowest BCUT2D eigenvalue weighted by Crippen LogP contribution is -2.54. The van der Waals surface area contributed by atoms with E-state index in [0.717, 1.165) is 6.07 Å². The Morgan fingerprint density at radius 2 is 1.97 bits per heavy atom. The van der Waals surface area contributed by atoms with Crippen LogP contribution in [0.3, 0.4) is 0 Å². The third-order valence-electron chi connectivity index (χ3n) is 5.20. The third kappa shape index (κ3) is 4.96. The first-order chi connectivity index (χ1) is 15.7. The normalized spacial score (nSPS) is 15.5. The van der Waals surface area contributed by atoms with E-state index < -0.39 is 40.9 Å². The molecule has 0 aliphatic carbocycles. The van der Waals surface area contributed by atoms with Crippen molar-refractivity contribution < 1.29 is 31.0 Å². The van der Waals surface area contributed by atoms with Gasteiger partial charge in [-0.3, -0.25) is 4.79 Å². The number of anilines is 1. The third-order valence-corrected chi connectivity index (χ3v) is 6.23. The number of hydrogen-bond donors (Lipinski definition) is 0. The maximum atomic E-state index is 14.9. The Morgan fingerprint density at radius 3 is 2.58 bits per heavy atom. The van der Waals surface area contributed by atoms with E-state index in [-0.39, 0.29) is 48.2 Å². The Bertz CT molecular complexity index is 1200. The van der Waals surface area contributed by atoms with E-state index in [4.69, 9.17) is 4.42 Å². The van der Waals surface area contributed by atoms with E-state index in [2.05, 4.69) is 10.2 Å². The van der Waals surface area contributed by atoms with Crippen LogP contribution >= 0.6 is 0 Å². The van der Waals surface area contributed by atoms with Crippen molar-refractivity contribution in [2.24, 2.45) is 5.92 Å². The smallest absolute Gasteiger partial charge is 0.314 e. The number of aromatic nitrogens is 2. The van der Waals surface area contributed by atoms with Gasteiger partial charge in [0.2, 0.25) is 11.8 Å². The zero-order chi connectivity index (χ0) is 23.7.